The molecule has 0 saturated carbocycles. The van der Waals surface area contributed by atoms with Gasteiger partial charge in [0.25, 0.3) is 5.63 Å². The van der Waals surface area contributed by atoms with Gasteiger partial charge in [-0.3, -0.25) is 0 Å². The van der Waals surface area contributed by atoms with Crippen molar-refractivity contribution in [2.45, 2.75) is 11.7 Å². The van der Waals surface area contributed by atoms with E-state index in [4.69, 9.17) is 17.3 Å². The number of hydrogen-bond acceptors (Lipinski definition) is 2. The largest absolute Gasteiger partial charge is 0.444 e. The number of hydrogen-bond donors (Lipinski definition) is 1. The van der Waals surface area contributed by atoms with E-state index in [2.05, 4.69) is 16.3 Å². The quantitative estimate of drug-likeness (QED) is 0.521. The molecule has 8 heteroatoms. The van der Waals surface area contributed by atoms with Crippen LogP contribution in [0.15, 0.2) is 12.1 Å². The Kier molecular flexibility index (Phi) is 3.75. The Labute approximate surface area is 97.9 Å². The molecular weight excluding hydrogens is 273 g/mol. The van der Waals surface area contributed by atoms with E-state index in [0.717, 1.165) is 0 Å². The number of benzene rings is 1. The first-order valence-electron chi connectivity index (χ1n) is 3.83. The van der Waals surface area contributed by atoms with E-state index < -0.39 is 34.0 Å². The highest BCUT2D eigenvalue weighted by Gasteiger charge is 2.42. The smallest absolute Gasteiger partial charge is 0.428 e. The van der Waals surface area contributed by atoms with Crippen molar-refractivity contribution >= 4 is 28.9 Å². The van der Waals surface area contributed by atoms with Crippen LogP contribution in [0.25, 0.3) is 0 Å². The maximum atomic E-state index is 12.8. The van der Waals surface area contributed by atoms with Gasteiger partial charge in [0.1, 0.15) is 11.6 Å². The summed E-state index contributed by atoms with van der Waals surface area (Å²) >= 11 is 9.95. The van der Waals surface area contributed by atoms with Gasteiger partial charge in [0, 0.05) is 6.07 Å². The number of alkyl halides is 4. The maximum absolute atomic E-state index is 12.8. The van der Waals surface area contributed by atoms with Crippen molar-refractivity contribution in [1.29, 1.82) is 0 Å². The van der Waals surface area contributed by atoms with Crippen LogP contribution in [-0.2, 0) is 0 Å². The molecule has 0 aliphatic carbocycles. The standard InChI is InChI=1S/C8H5Cl2F4NO/c9-3-1-4(11)5(15)2-6(3)16-8(13,14)7(10)12/h1-2,7H,15H2. The monoisotopic (exact) mass is 277 g/mol. The van der Waals surface area contributed by atoms with E-state index in [1.165, 1.54) is 0 Å². The van der Waals surface area contributed by atoms with E-state index >= 15 is 0 Å². The second kappa shape index (κ2) is 4.55. The van der Waals surface area contributed by atoms with Crippen molar-refractivity contribution in [1.82, 2.24) is 0 Å². The van der Waals surface area contributed by atoms with Gasteiger partial charge in [0.15, 0.2) is 0 Å². The van der Waals surface area contributed by atoms with E-state index in [1.54, 1.807) is 0 Å². The lowest BCUT2D eigenvalue weighted by molar-refractivity contribution is -0.198. The summed E-state index contributed by atoms with van der Waals surface area (Å²) in [5.74, 6) is -1.56. The molecule has 90 valence electrons. The summed E-state index contributed by atoms with van der Waals surface area (Å²) in [6.45, 7) is 0. The van der Waals surface area contributed by atoms with Gasteiger partial charge in [0.2, 0.25) is 0 Å². The van der Waals surface area contributed by atoms with Crippen molar-refractivity contribution in [3.05, 3.63) is 23.0 Å². The van der Waals surface area contributed by atoms with Crippen LogP contribution in [0.2, 0.25) is 5.02 Å². The first-order chi connectivity index (χ1) is 7.24. The van der Waals surface area contributed by atoms with Gasteiger partial charge >= 0.3 is 6.11 Å². The lowest BCUT2D eigenvalue weighted by atomic mass is 10.3. The zero-order chi connectivity index (χ0) is 12.5. The first-order valence-corrected chi connectivity index (χ1v) is 4.65. The Morgan fingerprint density at radius 1 is 1.38 bits per heavy atom. The van der Waals surface area contributed by atoms with Crippen LogP contribution in [0.4, 0.5) is 23.2 Å². The number of nitrogens with two attached hydrogens (primary N) is 1. The predicted octanol–water partition coefficient (Wildman–Crippen LogP) is 3.57. The molecule has 0 bridgehead atoms. The Hall–Kier alpha value is -0.880. The predicted molar refractivity (Wildman–Crippen MR) is 52.1 cm³/mol. The lowest BCUT2D eigenvalue weighted by Gasteiger charge is -2.18. The number of anilines is 1. The summed E-state index contributed by atoms with van der Waals surface area (Å²) in [7, 11) is 0. The second-order valence-electron chi connectivity index (χ2n) is 2.77. The third kappa shape index (κ3) is 2.82. The van der Waals surface area contributed by atoms with E-state index in [9.17, 15) is 17.6 Å². The van der Waals surface area contributed by atoms with Crippen molar-refractivity contribution < 1.29 is 22.3 Å². The van der Waals surface area contributed by atoms with Crippen molar-refractivity contribution in [3.63, 3.8) is 0 Å². The maximum Gasteiger partial charge on any atom is 0.444 e. The molecule has 1 aromatic rings. The van der Waals surface area contributed by atoms with E-state index in [-0.39, 0.29) is 0 Å². The zero-order valence-electron chi connectivity index (χ0n) is 7.49. The van der Waals surface area contributed by atoms with Gasteiger partial charge in [-0.1, -0.05) is 23.2 Å². The molecule has 1 unspecified atom stereocenters. The highest BCUT2D eigenvalue weighted by molar-refractivity contribution is 6.32. The molecule has 1 aromatic carbocycles. The minimum Gasteiger partial charge on any atom is -0.428 e. The Morgan fingerprint density at radius 2 is 1.94 bits per heavy atom. The third-order valence-electron chi connectivity index (χ3n) is 1.55. The fourth-order valence-corrected chi connectivity index (χ4v) is 1.05. The van der Waals surface area contributed by atoms with E-state index in [1.807, 2.05) is 0 Å². The van der Waals surface area contributed by atoms with Crippen LogP contribution < -0.4 is 10.5 Å². The average molecular weight is 278 g/mol. The number of nitrogen functional groups attached to an aromatic ring is 1. The average Bonchev–Trinajstić information content (AvgIpc) is 2.13. The van der Waals surface area contributed by atoms with Gasteiger partial charge in [-0.2, -0.15) is 8.78 Å². The number of halogens is 6. The minimum atomic E-state index is -4.28. The van der Waals surface area contributed by atoms with Gasteiger partial charge in [-0.05, 0) is 6.07 Å². The molecule has 0 aliphatic heterocycles. The summed E-state index contributed by atoms with van der Waals surface area (Å²) in [6, 6.07) is 1.38. The molecule has 1 atom stereocenters. The summed E-state index contributed by atoms with van der Waals surface area (Å²) in [4.78, 5) is 0. The van der Waals surface area contributed by atoms with Crippen molar-refractivity contribution in [2.75, 3.05) is 5.73 Å². The molecule has 0 fully saturated rings. The third-order valence-corrected chi connectivity index (χ3v) is 2.10. The zero-order valence-corrected chi connectivity index (χ0v) is 9.00. The molecule has 2 N–H and O–H groups in total. The summed E-state index contributed by atoms with van der Waals surface area (Å²) < 4.78 is 54.4. The molecular formula is C8H5Cl2F4NO. The van der Waals surface area contributed by atoms with Gasteiger partial charge < -0.3 is 10.5 Å². The van der Waals surface area contributed by atoms with Crippen LogP contribution in [0.5, 0.6) is 5.75 Å². The molecule has 0 aliphatic rings. The lowest BCUT2D eigenvalue weighted by Crippen LogP contribution is -2.32. The number of rotatable bonds is 3. The second-order valence-corrected chi connectivity index (χ2v) is 3.56. The summed E-state index contributed by atoms with van der Waals surface area (Å²) in [5.41, 5.74) is 1.58. The van der Waals surface area contributed by atoms with Crippen LogP contribution in [0.1, 0.15) is 0 Å². The van der Waals surface area contributed by atoms with Crippen LogP contribution in [-0.4, -0.2) is 11.7 Å². The number of ether oxygens (including phenoxy) is 1. The molecule has 16 heavy (non-hydrogen) atoms. The fraction of sp³-hybridized carbons (Fsp3) is 0.250. The minimum absolute atomic E-state index is 0.458. The molecule has 0 heterocycles. The normalized spacial score (nSPS) is 13.6. The molecule has 1 rings (SSSR count). The summed E-state index contributed by atoms with van der Waals surface area (Å²) in [5, 5.41) is -0.469. The molecule has 0 saturated heterocycles. The van der Waals surface area contributed by atoms with Crippen LogP contribution in [0.3, 0.4) is 0 Å². The van der Waals surface area contributed by atoms with Crippen molar-refractivity contribution in [2.24, 2.45) is 0 Å². The highest BCUT2D eigenvalue weighted by atomic mass is 35.5. The molecule has 2 nitrogen and oxygen atoms in total. The topological polar surface area (TPSA) is 35.2 Å². The Balaban J connectivity index is 3.02. The summed E-state index contributed by atoms with van der Waals surface area (Å²) in [6.07, 6.45) is -4.28. The first kappa shape index (κ1) is 13.2. The fourth-order valence-electron chi connectivity index (χ4n) is 0.814. The SMILES string of the molecule is Nc1cc(OC(F)(F)C(F)Cl)c(Cl)cc1F. The van der Waals surface area contributed by atoms with E-state index in [0.29, 0.717) is 12.1 Å². The Morgan fingerprint density at radius 3 is 2.44 bits per heavy atom. The van der Waals surface area contributed by atoms with Gasteiger partial charge in [0.05, 0.1) is 10.7 Å². The molecule has 0 spiro atoms. The van der Waals surface area contributed by atoms with Gasteiger partial charge in [-0.15, -0.1) is 0 Å². The van der Waals surface area contributed by atoms with Gasteiger partial charge in [-0.25, -0.2) is 8.78 Å². The van der Waals surface area contributed by atoms with Crippen LogP contribution >= 0.6 is 23.2 Å². The Bertz CT molecular complexity index is 400. The van der Waals surface area contributed by atoms with Crippen molar-refractivity contribution in [3.8, 4) is 5.75 Å². The molecule has 0 amide bonds. The molecule has 0 radical (unpaired) electrons. The van der Waals surface area contributed by atoms with Crippen LogP contribution in [0, 0.1) is 5.82 Å². The molecule has 0 aromatic heterocycles. The highest BCUT2D eigenvalue weighted by Crippen LogP contribution is 2.35.